The van der Waals surface area contributed by atoms with Crippen LogP contribution in [-0.2, 0) is 0 Å². The van der Waals surface area contributed by atoms with E-state index in [1.165, 1.54) is 32.1 Å². The van der Waals surface area contributed by atoms with E-state index in [2.05, 4.69) is 21.0 Å². The Kier molecular flexibility index (Phi) is 3.29. The van der Waals surface area contributed by atoms with Gasteiger partial charge in [-0.2, -0.15) is 0 Å². The van der Waals surface area contributed by atoms with E-state index >= 15 is 0 Å². The number of carbonyl (C=O) groups is 1. The van der Waals surface area contributed by atoms with E-state index in [0.717, 1.165) is 38.2 Å². The summed E-state index contributed by atoms with van der Waals surface area (Å²) in [7, 11) is 0. The molecule has 0 radical (unpaired) electrons. The van der Waals surface area contributed by atoms with Crippen LogP contribution in [0, 0.1) is 0 Å². The molecule has 1 aliphatic heterocycles. The lowest BCUT2D eigenvalue weighted by molar-refractivity contribution is 0.0213. The van der Waals surface area contributed by atoms with E-state index in [9.17, 15) is 4.79 Å². The molecule has 0 unspecified atom stereocenters. The first-order valence-electron chi connectivity index (χ1n) is 8.50. The second kappa shape index (κ2) is 5.16. The zero-order valence-electron chi connectivity index (χ0n) is 12.7. The summed E-state index contributed by atoms with van der Waals surface area (Å²) in [4.78, 5) is 15.4. The van der Waals surface area contributed by atoms with Crippen LogP contribution >= 0.6 is 0 Å². The largest absolute Gasteiger partial charge is 0.340 e. The Bertz CT molecular complexity index is 518. The number of aromatic nitrogens is 1. The molecular formula is C17H25N3O. The predicted octanol–water partition coefficient (Wildman–Crippen LogP) is 2.57. The molecular weight excluding hydrogens is 262 g/mol. The minimum Gasteiger partial charge on any atom is -0.340 e. The van der Waals surface area contributed by atoms with Gasteiger partial charge >= 0.3 is 0 Å². The standard InChI is InChI=1S/C17H25N3O/c21-16(15-5-4-11-19(15)14-6-7-14)20-12-10-18-13-17(20)8-2-1-3-9-17/h4-5,11,14,18H,1-3,6-10,12-13H2. The lowest BCUT2D eigenvalue weighted by Gasteiger charge is -2.49. The number of hydrogen-bond donors (Lipinski definition) is 1. The molecule has 1 aromatic heterocycles. The van der Waals surface area contributed by atoms with Crippen molar-refractivity contribution in [3.63, 3.8) is 0 Å². The van der Waals surface area contributed by atoms with Crippen LogP contribution in [0.3, 0.4) is 0 Å². The second-order valence-corrected chi connectivity index (χ2v) is 6.95. The number of carbonyl (C=O) groups excluding carboxylic acids is 1. The summed E-state index contributed by atoms with van der Waals surface area (Å²) in [6.07, 6.45) is 10.7. The van der Waals surface area contributed by atoms with Gasteiger partial charge in [-0.05, 0) is 37.8 Å². The molecule has 2 saturated carbocycles. The van der Waals surface area contributed by atoms with Gasteiger partial charge in [0.1, 0.15) is 5.69 Å². The zero-order valence-corrected chi connectivity index (χ0v) is 12.7. The molecule has 1 amide bonds. The molecule has 0 bridgehead atoms. The van der Waals surface area contributed by atoms with E-state index in [-0.39, 0.29) is 11.4 Å². The monoisotopic (exact) mass is 287 g/mol. The smallest absolute Gasteiger partial charge is 0.271 e. The lowest BCUT2D eigenvalue weighted by atomic mass is 9.79. The highest BCUT2D eigenvalue weighted by molar-refractivity contribution is 5.93. The molecule has 1 saturated heterocycles. The maximum absolute atomic E-state index is 13.2. The van der Waals surface area contributed by atoms with E-state index in [4.69, 9.17) is 0 Å². The van der Waals surface area contributed by atoms with Gasteiger partial charge in [0, 0.05) is 31.9 Å². The highest BCUT2D eigenvalue weighted by Crippen LogP contribution is 2.38. The molecule has 0 aromatic carbocycles. The maximum Gasteiger partial charge on any atom is 0.271 e. The normalized spacial score (nSPS) is 25.2. The molecule has 0 atom stereocenters. The third-order valence-electron chi connectivity index (χ3n) is 5.51. The SMILES string of the molecule is O=C(c1cccn1C1CC1)N1CCNCC12CCCCC2. The van der Waals surface area contributed by atoms with Crippen LogP contribution in [-0.4, -0.2) is 40.5 Å². The third-order valence-corrected chi connectivity index (χ3v) is 5.51. The average Bonchev–Trinajstić information content (AvgIpc) is 3.25. The van der Waals surface area contributed by atoms with Crippen molar-refractivity contribution in [3.05, 3.63) is 24.0 Å². The summed E-state index contributed by atoms with van der Waals surface area (Å²) in [5, 5.41) is 3.52. The molecule has 2 aliphatic carbocycles. The molecule has 3 fully saturated rings. The molecule has 1 aromatic rings. The van der Waals surface area contributed by atoms with Crippen molar-refractivity contribution in [2.24, 2.45) is 0 Å². The minimum absolute atomic E-state index is 0.0756. The van der Waals surface area contributed by atoms with E-state index < -0.39 is 0 Å². The fourth-order valence-electron chi connectivity index (χ4n) is 4.20. The average molecular weight is 287 g/mol. The van der Waals surface area contributed by atoms with Crippen LogP contribution in [0.1, 0.15) is 61.5 Å². The molecule has 3 aliphatic rings. The van der Waals surface area contributed by atoms with Crippen LogP contribution in [0.5, 0.6) is 0 Å². The summed E-state index contributed by atoms with van der Waals surface area (Å²) in [6, 6.07) is 4.62. The lowest BCUT2D eigenvalue weighted by Crippen LogP contribution is -2.63. The second-order valence-electron chi connectivity index (χ2n) is 6.95. The molecule has 21 heavy (non-hydrogen) atoms. The first-order valence-corrected chi connectivity index (χ1v) is 8.50. The third kappa shape index (κ3) is 2.30. The van der Waals surface area contributed by atoms with Gasteiger partial charge in [-0.25, -0.2) is 0 Å². The van der Waals surface area contributed by atoms with Crippen LogP contribution < -0.4 is 5.32 Å². The minimum atomic E-state index is 0.0756. The summed E-state index contributed by atoms with van der Waals surface area (Å²) >= 11 is 0. The quantitative estimate of drug-likeness (QED) is 0.907. The Balaban J connectivity index is 1.63. The fraction of sp³-hybridized carbons (Fsp3) is 0.706. The number of amides is 1. The van der Waals surface area contributed by atoms with Gasteiger partial charge in [0.15, 0.2) is 0 Å². The summed E-state index contributed by atoms with van der Waals surface area (Å²) in [5.74, 6) is 0.260. The maximum atomic E-state index is 13.2. The summed E-state index contributed by atoms with van der Waals surface area (Å²) < 4.78 is 2.21. The Labute approximate surface area is 126 Å². The van der Waals surface area contributed by atoms with Crippen LogP contribution in [0.25, 0.3) is 0 Å². The van der Waals surface area contributed by atoms with Crippen molar-refractivity contribution in [1.29, 1.82) is 0 Å². The molecule has 4 rings (SSSR count). The van der Waals surface area contributed by atoms with Crippen molar-refractivity contribution >= 4 is 5.91 Å². The first-order chi connectivity index (χ1) is 10.3. The van der Waals surface area contributed by atoms with Crippen molar-refractivity contribution in [2.75, 3.05) is 19.6 Å². The van der Waals surface area contributed by atoms with Crippen molar-refractivity contribution in [3.8, 4) is 0 Å². The fourth-order valence-corrected chi connectivity index (χ4v) is 4.20. The highest BCUT2D eigenvalue weighted by atomic mass is 16.2. The number of piperazine rings is 1. The molecule has 1 N–H and O–H groups in total. The Morgan fingerprint density at radius 2 is 2.05 bits per heavy atom. The van der Waals surface area contributed by atoms with Crippen LogP contribution in [0.2, 0.25) is 0 Å². The predicted molar refractivity (Wildman–Crippen MR) is 82.4 cm³/mol. The van der Waals surface area contributed by atoms with E-state index in [1.54, 1.807) is 0 Å². The van der Waals surface area contributed by atoms with Gasteiger partial charge in [0.2, 0.25) is 0 Å². The highest BCUT2D eigenvalue weighted by Gasteiger charge is 2.43. The first kappa shape index (κ1) is 13.4. The molecule has 114 valence electrons. The Hall–Kier alpha value is -1.29. The molecule has 4 heteroatoms. The summed E-state index contributed by atoms with van der Waals surface area (Å²) in [6.45, 7) is 2.76. The van der Waals surface area contributed by atoms with Crippen molar-refractivity contribution in [2.45, 2.75) is 56.5 Å². The van der Waals surface area contributed by atoms with Gasteiger partial charge in [-0.3, -0.25) is 4.79 Å². The van der Waals surface area contributed by atoms with Gasteiger partial charge in [-0.15, -0.1) is 0 Å². The number of nitrogens with zero attached hydrogens (tertiary/aromatic N) is 2. The summed E-state index contributed by atoms with van der Waals surface area (Å²) in [5.41, 5.74) is 0.982. The van der Waals surface area contributed by atoms with Gasteiger partial charge in [-0.1, -0.05) is 19.3 Å². The van der Waals surface area contributed by atoms with Gasteiger partial charge in [0.25, 0.3) is 5.91 Å². The number of rotatable bonds is 2. The molecule has 2 heterocycles. The Morgan fingerprint density at radius 3 is 2.81 bits per heavy atom. The van der Waals surface area contributed by atoms with E-state index in [1.807, 2.05) is 12.1 Å². The van der Waals surface area contributed by atoms with Crippen LogP contribution in [0.15, 0.2) is 18.3 Å². The van der Waals surface area contributed by atoms with Crippen LogP contribution in [0.4, 0.5) is 0 Å². The number of nitrogens with one attached hydrogen (secondary N) is 1. The van der Waals surface area contributed by atoms with Crippen molar-refractivity contribution in [1.82, 2.24) is 14.8 Å². The van der Waals surface area contributed by atoms with Gasteiger partial charge < -0.3 is 14.8 Å². The molecule has 1 spiro atoms. The Morgan fingerprint density at radius 1 is 1.24 bits per heavy atom. The zero-order chi connectivity index (χ0) is 14.3. The number of hydrogen-bond acceptors (Lipinski definition) is 2. The van der Waals surface area contributed by atoms with E-state index in [0.29, 0.717) is 6.04 Å². The van der Waals surface area contributed by atoms with Gasteiger partial charge in [0.05, 0.1) is 5.54 Å². The topological polar surface area (TPSA) is 37.3 Å². The molecule has 4 nitrogen and oxygen atoms in total. The van der Waals surface area contributed by atoms with Crippen molar-refractivity contribution < 1.29 is 4.79 Å².